The number of hydrogen-bond donors (Lipinski definition) is 2. The number of halogens is 1. The number of nitrogens with one attached hydrogen (secondary N) is 1. The highest BCUT2D eigenvalue weighted by molar-refractivity contribution is 7.92. The summed E-state index contributed by atoms with van der Waals surface area (Å²) in [5.41, 5.74) is 6.23. The lowest BCUT2D eigenvalue weighted by molar-refractivity contribution is 0.413. The maximum atomic E-state index is 11.4. The maximum Gasteiger partial charge on any atom is 0.229 e. The fourth-order valence-corrected chi connectivity index (χ4v) is 2.43. The molecule has 2 aromatic carbocycles. The van der Waals surface area contributed by atoms with Crippen molar-refractivity contribution in [3.8, 4) is 17.2 Å². The lowest BCUT2D eigenvalue weighted by Gasteiger charge is -2.14. The van der Waals surface area contributed by atoms with E-state index < -0.39 is 10.0 Å². The molecule has 2 rings (SSSR count). The van der Waals surface area contributed by atoms with Crippen molar-refractivity contribution in [2.75, 3.05) is 23.8 Å². The van der Waals surface area contributed by atoms with Crippen LogP contribution in [0.3, 0.4) is 0 Å². The number of rotatable bonds is 5. The second kappa shape index (κ2) is 6.33. The van der Waals surface area contributed by atoms with Gasteiger partial charge in [-0.15, -0.1) is 0 Å². The number of nitrogen functional groups attached to an aromatic ring is 1. The molecule has 0 saturated carbocycles. The van der Waals surface area contributed by atoms with Crippen LogP contribution in [0.4, 0.5) is 11.4 Å². The van der Waals surface area contributed by atoms with Crippen molar-refractivity contribution in [3.05, 3.63) is 41.4 Å². The van der Waals surface area contributed by atoms with Gasteiger partial charge in [-0.3, -0.25) is 4.72 Å². The normalized spacial score (nSPS) is 11.0. The summed E-state index contributed by atoms with van der Waals surface area (Å²) < 4.78 is 35.9. The summed E-state index contributed by atoms with van der Waals surface area (Å²) in [6.07, 6.45) is 1.04. The molecule has 0 unspecified atom stereocenters. The third-order valence-corrected chi connectivity index (χ3v) is 3.60. The van der Waals surface area contributed by atoms with E-state index in [0.29, 0.717) is 11.5 Å². The number of hydrogen-bond acceptors (Lipinski definition) is 5. The SMILES string of the molecule is COc1ccc(Oc2cc(N)c(Cl)cc2NS(C)(=O)=O)cc1. The second-order valence-electron chi connectivity index (χ2n) is 4.52. The Morgan fingerprint density at radius 2 is 1.73 bits per heavy atom. The number of sulfonamides is 1. The monoisotopic (exact) mass is 342 g/mol. The van der Waals surface area contributed by atoms with Gasteiger partial charge in [-0.05, 0) is 30.3 Å². The van der Waals surface area contributed by atoms with Gasteiger partial charge in [0.1, 0.15) is 11.5 Å². The average Bonchev–Trinajstić information content (AvgIpc) is 2.43. The third kappa shape index (κ3) is 4.19. The van der Waals surface area contributed by atoms with Gasteiger partial charge in [0.25, 0.3) is 0 Å². The number of ether oxygens (including phenoxy) is 2. The summed E-state index contributed by atoms with van der Waals surface area (Å²) in [5, 5.41) is 0.230. The average molecular weight is 343 g/mol. The molecule has 8 heteroatoms. The minimum Gasteiger partial charge on any atom is -0.497 e. The number of methoxy groups -OCH3 is 1. The van der Waals surface area contributed by atoms with Crippen LogP contribution in [0.5, 0.6) is 17.2 Å². The first-order valence-corrected chi connectivity index (χ1v) is 8.44. The standard InChI is InChI=1S/C14H15ClN2O4S/c1-20-9-3-5-10(6-4-9)21-14-8-12(16)11(15)7-13(14)17-22(2,18)19/h3-8,17H,16H2,1-2H3. The van der Waals surface area contributed by atoms with Crippen molar-refractivity contribution in [1.82, 2.24) is 0 Å². The second-order valence-corrected chi connectivity index (χ2v) is 6.68. The summed E-state index contributed by atoms with van der Waals surface area (Å²) in [6, 6.07) is 9.68. The van der Waals surface area contributed by atoms with Gasteiger partial charge in [-0.2, -0.15) is 0 Å². The predicted octanol–water partition coefficient (Wildman–Crippen LogP) is 3.09. The highest BCUT2D eigenvalue weighted by atomic mass is 35.5. The van der Waals surface area contributed by atoms with Crippen molar-refractivity contribution in [3.63, 3.8) is 0 Å². The molecule has 0 aliphatic rings. The molecule has 0 fully saturated rings. The maximum absolute atomic E-state index is 11.4. The van der Waals surface area contributed by atoms with E-state index in [9.17, 15) is 8.42 Å². The molecule has 0 bridgehead atoms. The molecule has 0 radical (unpaired) electrons. The van der Waals surface area contributed by atoms with Gasteiger partial charge in [-0.1, -0.05) is 11.6 Å². The van der Waals surface area contributed by atoms with E-state index in [1.165, 1.54) is 12.1 Å². The van der Waals surface area contributed by atoms with Crippen molar-refractivity contribution in [2.24, 2.45) is 0 Å². The minimum atomic E-state index is -3.48. The Bertz CT molecular complexity index is 776. The molecule has 2 aromatic rings. The van der Waals surface area contributed by atoms with Crippen LogP contribution in [0, 0.1) is 0 Å². The van der Waals surface area contributed by atoms with Gasteiger partial charge >= 0.3 is 0 Å². The molecule has 22 heavy (non-hydrogen) atoms. The van der Waals surface area contributed by atoms with Crippen LogP contribution in [0.1, 0.15) is 0 Å². The van der Waals surface area contributed by atoms with Crippen LogP contribution < -0.4 is 19.9 Å². The zero-order chi connectivity index (χ0) is 16.3. The Morgan fingerprint density at radius 3 is 2.27 bits per heavy atom. The summed E-state index contributed by atoms with van der Waals surface area (Å²) in [6.45, 7) is 0. The van der Waals surface area contributed by atoms with E-state index in [4.69, 9.17) is 26.8 Å². The molecule has 0 saturated heterocycles. The van der Waals surface area contributed by atoms with Crippen molar-refractivity contribution >= 4 is 33.0 Å². The van der Waals surface area contributed by atoms with Gasteiger partial charge in [0.05, 0.1) is 29.8 Å². The van der Waals surface area contributed by atoms with Crippen LogP contribution in [0.25, 0.3) is 0 Å². The molecule has 3 N–H and O–H groups in total. The Hall–Kier alpha value is -2.12. The van der Waals surface area contributed by atoms with Gasteiger partial charge < -0.3 is 15.2 Å². The lowest BCUT2D eigenvalue weighted by atomic mass is 10.2. The molecule has 0 amide bonds. The van der Waals surface area contributed by atoms with E-state index in [1.807, 2.05) is 0 Å². The van der Waals surface area contributed by atoms with Crippen LogP contribution >= 0.6 is 11.6 Å². The molecule has 0 aliphatic carbocycles. The Balaban J connectivity index is 2.37. The summed E-state index contributed by atoms with van der Waals surface area (Å²) >= 11 is 5.93. The Kier molecular flexibility index (Phi) is 4.68. The van der Waals surface area contributed by atoms with Crippen LogP contribution in [-0.4, -0.2) is 21.8 Å². The summed E-state index contributed by atoms with van der Waals surface area (Å²) in [5.74, 6) is 1.43. The molecule has 0 aromatic heterocycles. The topological polar surface area (TPSA) is 90.7 Å². The van der Waals surface area contributed by atoms with Crippen molar-refractivity contribution < 1.29 is 17.9 Å². The van der Waals surface area contributed by atoms with E-state index in [1.54, 1.807) is 31.4 Å². The van der Waals surface area contributed by atoms with Crippen molar-refractivity contribution in [2.45, 2.75) is 0 Å². The number of benzene rings is 2. The number of nitrogens with two attached hydrogens (primary N) is 1. The molecule has 6 nitrogen and oxygen atoms in total. The predicted molar refractivity (Wildman–Crippen MR) is 87.4 cm³/mol. The highest BCUT2D eigenvalue weighted by Crippen LogP contribution is 2.36. The van der Waals surface area contributed by atoms with E-state index >= 15 is 0 Å². The fraction of sp³-hybridized carbons (Fsp3) is 0.143. The summed E-state index contributed by atoms with van der Waals surface area (Å²) in [4.78, 5) is 0. The molecule has 0 aliphatic heterocycles. The van der Waals surface area contributed by atoms with Crippen LogP contribution in [0.2, 0.25) is 5.02 Å². The van der Waals surface area contributed by atoms with Crippen molar-refractivity contribution in [1.29, 1.82) is 0 Å². The van der Waals surface area contributed by atoms with Gasteiger partial charge in [0.15, 0.2) is 5.75 Å². The highest BCUT2D eigenvalue weighted by Gasteiger charge is 2.13. The molecule has 118 valence electrons. The first kappa shape index (κ1) is 16.3. The van der Waals surface area contributed by atoms with Crippen LogP contribution in [-0.2, 0) is 10.0 Å². The third-order valence-electron chi connectivity index (χ3n) is 2.68. The molecule has 0 spiro atoms. The summed E-state index contributed by atoms with van der Waals surface area (Å²) in [7, 11) is -1.92. The van der Waals surface area contributed by atoms with Gasteiger partial charge in [-0.25, -0.2) is 8.42 Å². The van der Waals surface area contributed by atoms with E-state index in [-0.39, 0.29) is 22.1 Å². The molecular weight excluding hydrogens is 328 g/mol. The number of anilines is 2. The lowest BCUT2D eigenvalue weighted by Crippen LogP contribution is -2.10. The molecular formula is C14H15ClN2O4S. The fourth-order valence-electron chi connectivity index (χ4n) is 1.70. The Labute approximate surface area is 133 Å². The first-order valence-electron chi connectivity index (χ1n) is 6.17. The molecule has 0 heterocycles. The zero-order valence-corrected chi connectivity index (χ0v) is 13.5. The van der Waals surface area contributed by atoms with E-state index in [2.05, 4.69) is 4.72 Å². The zero-order valence-electron chi connectivity index (χ0n) is 12.0. The van der Waals surface area contributed by atoms with Crippen LogP contribution in [0.15, 0.2) is 36.4 Å². The molecule has 0 atom stereocenters. The first-order chi connectivity index (χ1) is 10.3. The van der Waals surface area contributed by atoms with E-state index in [0.717, 1.165) is 6.26 Å². The minimum absolute atomic E-state index is 0.206. The largest absolute Gasteiger partial charge is 0.497 e. The van der Waals surface area contributed by atoms with Gasteiger partial charge in [0, 0.05) is 6.07 Å². The quantitative estimate of drug-likeness (QED) is 0.815. The Morgan fingerprint density at radius 1 is 1.14 bits per heavy atom. The van der Waals surface area contributed by atoms with Gasteiger partial charge in [0.2, 0.25) is 10.0 Å². The smallest absolute Gasteiger partial charge is 0.229 e.